The lowest BCUT2D eigenvalue weighted by Gasteiger charge is -2.24. The van der Waals surface area contributed by atoms with E-state index in [0.717, 1.165) is 0 Å². The molecule has 3 aliphatic heterocycles. The van der Waals surface area contributed by atoms with Crippen molar-refractivity contribution in [1.82, 2.24) is 4.90 Å². The van der Waals surface area contributed by atoms with Gasteiger partial charge in [0.1, 0.15) is 0 Å². The van der Waals surface area contributed by atoms with E-state index in [1.165, 1.54) is 4.90 Å². The molecular weight excluding hydrogens is 222 g/mol. The second kappa shape index (κ2) is 2.97. The zero-order valence-corrected chi connectivity index (χ0v) is 9.84. The molecule has 17 heavy (non-hydrogen) atoms. The molecule has 2 saturated heterocycles. The fraction of sp³-hybridized carbons (Fsp3) is 0.667. The predicted octanol–water partition coefficient (Wildman–Crippen LogP) is -0.303. The molecule has 1 N–H and O–H groups in total. The van der Waals surface area contributed by atoms with Crippen molar-refractivity contribution < 1.29 is 19.4 Å². The normalized spacial score (nSPS) is 47.1. The van der Waals surface area contributed by atoms with Crippen molar-refractivity contribution in [1.29, 1.82) is 0 Å². The van der Waals surface area contributed by atoms with Crippen LogP contribution in [0.5, 0.6) is 0 Å². The zero-order chi connectivity index (χ0) is 12.4. The van der Waals surface area contributed by atoms with Gasteiger partial charge < -0.3 is 9.84 Å². The van der Waals surface area contributed by atoms with E-state index in [1.54, 1.807) is 0 Å². The number of fused-ring (bicyclic) bond motifs is 5. The third kappa shape index (κ3) is 1.11. The third-order valence-corrected chi connectivity index (χ3v) is 4.14. The second-order valence-corrected chi connectivity index (χ2v) is 5.31. The van der Waals surface area contributed by atoms with Gasteiger partial charge in [-0.15, -0.1) is 0 Å². The molecule has 3 heterocycles. The van der Waals surface area contributed by atoms with Crippen LogP contribution in [0, 0.1) is 11.8 Å². The molecule has 3 rings (SSSR count). The quantitative estimate of drug-likeness (QED) is 0.529. The smallest absolute Gasteiger partial charge is 0.236 e. The molecule has 2 amide bonds. The summed E-state index contributed by atoms with van der Waals surface area (Å²) in [6.45, 7) is 3.57. The molecule has 0 aromatic heterocycles. The average Bonchev–Trinajstić information content (AvgIpc) is 2.78. The van der Waals surface area contributed by atoms with E-state index in [1.807, 2.05) is 26.0 Å². The number of ether oxygens (including phenoxy) is 1. The van der Waals surface area contributed by atoms with Gasteiger partial charge in [-0.25, -0.2) is 0 Å². The Balaban J connectivity index is 2.04. The molecule has 4 unspecified atom stereocenters. The molecule has 0 spiro atoms. The summed E-state index contributed by atoms with van der Waals surface area (Å²) in [4.78, 5) is 25.6. The van der Waals surface area contributed by atoms with E-state index in [9.17, 15) is 9.59 Å². The van der Waals surface area contributed by atoms with Gasteiger partial charge in [-0.05, 0) is 13.8 Å². The molecule has 0 aromatic rings. The number of carbonyl (C=O) groups is 2. The highest BCUT2D eigenvalue weighted by molar-refractivity contribution is 6.07. The number of hydrogen-bond donors (Lipinski definition) is 1. The summed E-state index contributed by atoms with van der Waals surface area (Å²) in [7, 11) is 0. The predicted molar refractivity (Wildman–Crippen MR) is 57.8 cm³/mol. The third-order valence-electron chi connectivity index (χ3n) is 4.14. The highest BCUT2D eigenvalue weighted by atomic mass is 16.5. The molecule has 0 saturated carbocycles. The highest BCUT2D eigenvalue weighted by Gasteiger charge is 2.70. The fourth-order valence-electron chi connectivity index (χ4n) is 3.41. The molecule has 0 aromatic carbocycles. The van der Waals surface area contributed by atoms with Crippen molar-refractivity contribution in [2.75, 3.05) is 13.2 Å². The second-order valence-electron chi connectivity index (χ2n) is 5.31. The van der Waals surface area contributed by atoms with Gasteiger partial charge in [-0.2, -0.15) is 0 Å². The Kier molecular flexibility index (Phi) is 1.91. The fourth-order valence-corrected chi connectivity index (χ4v) is 3.41. The van der Waals surface area contributed by atoms with Crippen molar-refractivity contribution in [3.8, 4) is 0 Å². The van der Waals surface area contributed by atoms with E-state index in [0.29, 0.717) is 0 Å². The highest BCUT2D eigenvalue weighted by Crippen LogP contribution is 2.56. The van der Waals surface area contributed by atoms with Crippen LogP contribution in [0.25, 0.3) is 0 Å². The lowest BCUT2D eigenvalue weighted by molar-refractivity contribution is -0.146. The number of aliphatic hydroxyl groups is 1. The number of hydrogen-bond acceptors (Lipinski definition) is 4. The van der Waals surface area contributed by atoms with Gasteiger partial charge in [0.25, 0.3) is 0 Å². The van der Waals surface area contributed by atoms with Crippen LogP contribution in [-0.4, -0.2) is 46.2 Å². The lowest BCUT2D eigenvalue weighted by atomic mass is 9.73. The maximum absolute atomic E-state index is 12.2. The molecule has 5 nitrogen and oxygen atoms in total. The Hall–Kier alpha value is -1.20. The van der Waals surface area contributed by atoms with Crippen LogP contribution in [-0.2, 0) is 14.3 Å². The summed E-state index contributed by atoms with van der Waals surface area (Å²) in [5.74, 6) is -1.30. The van der Waals surface area contributed by atoms with Gasteiger partial charge in [-0.3, -0.25) is 14.5 Å². The molecule has 4 atom stereocenters. The summed E-state index contributed by atoms with van der Waals surface area (Å²) in [5, 5.41) is 8.91. The van der Waals surface area contributed by atoms with E-state index < -0.39 is 23.0 Å². The minimum atomic E-state index is -0.670. The standard InChI is InChI=1S/C12H15NO4/c1-11-3-4-12(2,17-11)8-7(11)9(15)13(5-6-14)10(8)16/h3-4,7-8,14H,5-6H2,1-2H3. The van der Waals surface area contributed by atoms with E-state index in [4.69, 9.17) is 9.84 Å². The Morgan fingerprint density at radius 2 is 1.71 bits per heavy atom. The maximum atomic E-state index is 12.2. The van der Waals surface area contributed by atoms with Crippen molar-refractivity contribution >= 4 is 11.8 Å². The van der Waals surface area contributed by atoms with Gasteiger partial charge in [0, 0.05) is 0 Å². The Labute approximate surface area is 99.0 Å². The van der Waals surface area contributed by atoms with Crippen LogP contribution in [0.15, 0.2) is 12.2 Å². The van der Waals surface area contributed by atoms with E-state index >= 15 is 0 Å². The Bertz CT molecular complexity index is 410. The Morgan fingerprint density at radius 3 is 2.12 bits per heavy atom. The summed E-state index contributed by atoms with van der Waals surface area (Å²) in [6, 6.07) is 0. The SMILES string of the molecule is CC12C=CC(C)(O1)C1C(=O)N(CCO)C(=O)C12. The Morgan fingerprint density at radius 1 is 1.24 bits per heavy atom. The topological polar surface area (TPSA) is 66.8 Å². The molecule has 2 bridgehead atoms. The van der Waals surface area contributed by atoms with E-state index in [-0.39, 0.29) is 25.0 Å². The number of β-amino-alcohol motifs (C(OH)–C–C–N with tert-alkyl or cyclic N) is 1. The van der Waals surface area contributed by atoms with Crippen LogP contribution in [0.2, 0.25) is 0 Å². The number of rotatable bonds is 2. The lowest BCUT2D eigenvalue weighted by Crippen LogP contribution is -2.40. The van der Waals surface area contributed by atoms with Crippen molar-refractivity contribution in [3.05, 3.63) is 12.2 Å². The first-order valence-electron chi connectivity index (χ1n) is 5.79. The average molecular weight is 237 g/mol. The van der Waals surface area contributed by atoms with Crippen molar-refractivity contribution in [3.63, 3.8) is 0 Å². The number of nitrogens with zero attached hydrogens (tertiary/aromatic N) is 1. The van der Waals surface area contributed by atoms with Gasteiger partial charge in [-0.1, -0.05) is 12.2 Å². The summed E-state index contributed by atoms with van der Waals surface area (Å²) >= 11 is 0. The molecule has 0 aliphatic carbocycles. The van der Waals surface area contributed by atoms with Gasteiger partial charge in [0.05, 0.1) is 36.2 Å². The van der Waals surface area contributed by atoms with Crippen LogP contribution in [0.1, 0.15) is 13.8 Å². The summed E-state index contributed by atoms with van der Waals surface area (Å²) in [6.07, 6.45) is 3.75. The number of amides is 2. The molecule has 2 fully saturated rings. The molecule has 5 heteroatoms. The van der Waals surface area contributed by atoms with Crippen LogP contribution >= 0.6 is 0 Å². The maximum Gasteiger partial charge on any atom is 0.236 e. The van der Waals surface area contributed by atoms with Gasteiger partial charge >= 0.3 is 0 Å². The monoisotopic (exact) mass is 237 g/mol. The van der Waals surface area contributed by atoms with Gasteiger partial charge in [0.15, 0.2) is 0 Å². The number of imide groups is 1. The van der Waals surface area contributed by atoms with Crippen LogP contribution < -0.4 is 0 Å². The molecule has 3 aliphatic rings. The first-order chi connectivity index (χ1) is 7.93. The molecule has 92 valence electrons. The first-order valence-corrected chi connectivity index (χ1v) is 5.79. The minimum Gasteiger partial charge on any atom is -0.395 e. The van der Waals surface area contributed by atoms with Crippen LogP contribution in [0.4, 0.5) is 0 Å². The first kappa shape index (κ1) is 10.9. The molecular formula is C12H15NO4. The van der Waals surface area contributed by atoms with E-state index in [2.05, 4.69) is 0 Å². The van der Waals surface area contributed by atoms with Gasteiger partial charge in [0.2, 0.25) is 11.8 Å². The molecule has 0 radical (unpaired) electrons. The zero-order valence-electron chi connectivity index (χ0n) is 9.84. The minimum absolute atomic E-state index is 0.0802. The number of carbonyl (C=O) groups excluding carboxylic acids is 2. The summed E-state index contributed by atoms with van der Waals surface area (Å²) in [5.41, 5.74) is -1.34. The largest absolute Gasteiger partial charge is 0.395 e. The number of likely N-dealkylation sites (tertiary alicyclic amines) is 1. The number of aliphatic hydroxyl groups excluding tert-OH is 1. The van der Waals surface area contributed by atoms with Crippen molar-refractivity contribution in [2.45, 2.75) is 25.0 Å². The van der Waals surface area contributed by atoms with Crippen molar-refractivity contribution in [2.24, 2.45) is 11.8 Å². The van der Waals surface area contributed by atoms with Crippen LogP contribution in [0.3, 0.4) is 0 Å². The summed E-state index contributed by atoms with van der Waals surface area (Å²) < 4.78 is 5.84.